The molecule has 0 bridgehead atoms. The van der Waals surface area contributed by atoms with E-state index in [2.05, 4.69) is 0 Å². The zero-order chi connectivity index (χ0) is 17.4. The highest BCUT2D eigenvalue weighted by molar-refractivity contribution is 5.69. The predicted molar refractivity (Wildman–Crippen MR) is 90.7 cm³/mol. The number of ether oxygens (including phenoxy) is 1. The van der Waals surface area contributed by atoms with E-state index in [4.69, 9.17) is 9.84 Å². The van der Waals surface area contributed by atoms with Crippen LogP contribution in [0.1, 0.15) is 25.3 Å². The van der Waals surface area contributed by atoms with Crippen molar-refractivity contribution in [3.05, 3.63) is 35.9 Å². The molecule has 132 valence electrons. The van der Waals surface area contributed by atoms with Crippen molar-refractivity contribution < 1.29 is 19.4 Å². The fourth-order valence-electron chi connectivity index (χ4n) is 3.05. The zero-order valence-electron chi connectivity index (χ0n) is 14.2. The Morgan fingerprint density at radius 3 is 2.75 bits per heavy atom. The van der Waals surface area contributed by atoms with E-state index in [1.807, 2.05) is 42.2 Å². The molecule has 1 saturated heterocycles. The first-order valence-electron chi connectivity index (χ1n) is 8.48. The summed E-state index contributed by atoms with van der Waals surface area (Å²) in [6, 6.07) is 9.62. The number of amides is 1. The first kappa shape index (κ1) is 18.3. The van der Waals surface area contributed by atoms with Crippen molar-refractivity contribution in [2.24, 2.45) is 5.92 Å². The monoisotopic (exact) mass is 334 g/mol. The molecule has 1 amide bonds. The van der Waals surface area contributed by atoms with E-state index in [0.717, 1.165) is 18.4 Å². The Kier molecular flexibility index (Phi) is 7.06. The van der Waals surface area contributed by atoms with Gasteiger partial charge in [0.1, 0.15) is 6.61 Å². The smallest absolute Gasteiger partial charge is 0.410 e. The molecule has 0 aromatic heterocycles. The summed E-state index contributed by atoms with van der Waals surface area (Å²) in [4.78, 5) is 26.8. The molecule has 1 aliphatic heterocycles. The maximum Gasteiger partial charge on any atom is 0.410 e. The number of likely N-dealkylation sites (tertiary alicyclic amines) is 1. The van der Waals surface area contributed by atoms with Crippen molar-refractivity contribution in [3.8, 4) is 0 Å². The van der Waals surface area contributed by atoms with Gasteiger partial charge in [0.05, 0.1) is 6.54 Å². The van der Waals surface area contributed by atoms with Gasteiger partial charge in [-0.15, -0.1) is 0 Å². The fraction of sp³-hybridized carbons (Fsp3) is 0.556. The molecule has 1 aliphatic rings. The molecule has 0 spiro atoms. The van der Waals surface area contributed by atoms with E-state index in [1.54, 1.807) is 4.90 Å². The molecule has 6 nitrogen and oxygen atoms in total. The van der Waals surface area contributed by atoms with E-state index >= 15 is 0 Å². The first-order chi connectivity index (χ1) is 11.6. The second kappa shape index (κ2) is 9.27. The van der Waals surface area contributed by atoms with Crippen LogP contribution < -0.4 is 0 Å². The lowest BCUT2D eigenvalue weighted by Crippen LogP contribution is -2.44. The van der Waals surface area contributed by atoms with E-state index in [1.165, 1.54) is 0 Å². The van der Waals surface area contributed by atoms with Crippen LogP contribution in [-0.2, 0) is 16.1 Å². The standard InChI is InChI=1S/C18H26N2O4/c1-2-19(13-17(21)22)11-16-9-6-10-20(12-16)18(23)24-14-15-7-4-3-5-8-15/h3-5,7-8,16H,2,6,9-14H2,1H3,(H,21,22)/t16-/m1/s1. The Labute approximate surface area is 143 Å². The number of carbonyl (C=O) groups is 2. The van der Waals surface area contributed by atoms with Gasteiger partial charge in [-0.1, -0.05) is 37.3 Å². The number of carbonyl (C=O) groups excluding carboxylic acids is 1. The lowest BCUT2D eigenvalue weighted by molar-refractivity contribution is -0.138. The third kappa shape index (κ3) is 5.85. The molecule has 1 aromatic rings. The number of aliphatic carboxylic acids is 1. The molecule has 1 atom stereocenters. The van der Waals surface area contributed by atoms with Crippen LogP contribution in [0.5, 0.6) is 0 Å². The van der Waals surface area contributed by atoms with Crippen LogP contribution in [0.25, 0.3) is 0 Å². The largest absolute Gasteiger partial charge is 0.480 e. The van der Waals surface area contributed by atoms with Gasteiger partial charge in [-0.3, -0.25) is 9.69 Å². The van der Waals surface area contributed by atoms with Gasteiger partial charge in [-0.25, -0.2) is 4.79 Å². The average Bonchev–Trinajstić information content (AvgIpc) is 2.60. The van der Waals surface area contributed by atoms with Crippen molar-refractivity contribution in [1.82, 2.24) is 9.80 Å². The Hall–Kier alpha value is -2.08. The number of carboxylic acids is 1. The molecule has 0 aliphatic carbocycles. The summed E-state index contributed by atoms with van der Waals surface area (Å²) in [6.07, 6.45) is 1.65. The summed E-state index contributed by atoms with van der Waals surface area (Å²) in [5.41, 5.74) is 0.970. The number of hydrogen-bond acceptors (Lipinski definition) is 4. The molecule has 1 fully saturated rings. The average molecular weight is 334 g/mol. The Bertz CT molecular complexity index is 535. The normalized spacial score (nSPS) is 17.8. The second-order valence-electron chi connectivity index (χ2n) is 6.22. The number of rotatable bonds is 7. The summed E-state index contributed by atoms with van der Waals surface area (Å²) in [5.74, 6) is -0.519. The van der Waals surface area contributed by atoms with Crippen LogP contribution in [0.4, 0.5) is 4.79 Å². The maximum absolute atomic E-state index is 12.2. The van der Waals surface area contributed by atoms with Gasteiger partial charge in [-0.05, 0) is 30.9 Å². The lowest BCUT2D eigenvalue weighted by Gasteiger charge is -2.34. The molecular formula is C18H26N2O4. The number of likely N-dealkylation sites (N-methyl/N-ethyl adjacent to an activating group) is 1. The molecule has 2 rings (SSSR count). The fourth-order valence-corrected chi connectivity index (χ4v) is 3.05. The quantitative estimate of drug-likeness (QED) is 0.829. The Morgan fingerprint density at radius 1 is 1.33 bits per heavy atom. The van der Waals surface area contributed by atoms with Crippen molar-refractivity contribution >= 4 is 12.1 Å². The molecule has 1 heterocycles. The highest BCUT2D eigenvalue weighted by Crippen LogP contribution is 2.19. The van der Waals surface area contributed by atoms with Crippen LogP contribution >= 0.6 is 0 Å². The summed E-state index contributed by atoms with van der Waals surface area (Å²) in [5, 5.41) is 8.94. The number of nitrogens with zero attached hydrogens (tertiary/aromatic N) is 2. The van der Waals surface area contributed by atoms with E-state index in [0.29, 0.717) is 32.1 Å². The number of piperidine rings is 1. The summed E-state index contributed by atoms with van der Waals surface area (Å²) in [6.45, 7) is 5.01. The minimum atomic E-state index is -0.813. The number of hydrogen-bond donors (Lipinski definition) is 1. The molecule has 0 saturated carbocycles. The maximum atomic E-state index is 12.2. The zero-order valence-corrected chi connectivity index (χ0v) is 14.2. The van der Waals surface area contributed by atoms with Gasteiger partial charge >= 0.3 is 12.1 Å². The SMILES string of the molecule is CCN(CC(=O)O)C[C@H]1CCCN(C(=O)OCc2ccccc2)C1. The third-order valence-electron chi connectivity index (χ3n) is 4.30. The Balaban J connectivity index is 1.81. The van der Waals surface area contributed by atoms with Gasteiger partial charge < -0.3 is 14.7 Å². The Morgan fingerprint density at radius 2 is 2.08 bits per heavy atom. The van der Waals surface area contributed by atoms with Crippen LogP contribution in [0, 0.1) is 5.92 Å². The summed E-state index contributed by atoms with van der Waals surface area (Å²) >= 11 is 0. The van der Waals surface area contributed by atoms with Gasteiger partial charge in [-0.2, -0.15) is 0 Å². The van der Waals surface area contributed by atoms with Gasteiger partial charge in [0.2, 0.25) is 0 Å². The minimum Gasteiger partial charge on any atom is -0.480 e. The molecule has 1 aromatic carbocycles. The van der Waals surface area contributed by atoms with E-state index < -0.39 is 5.97 Å². The van der Waals surface area contributed by atoms with Crippen LogP contribution in [-0.4, -0.2) is 59.7 Å². The van der Waals surface area contributed by atoms with E-state index in [9.17, 15) is 9.59 Å². The highest BCUT2D eigenvalue weighted by Gasteiger charge is 2.26. The van der Waals surface area contributed by atoms with Crippen molar-refractivity contribution in [2.75, 3.05) is 32.7 Å². The third-order valence-corrected chi connectivity index (χ3v) is 4.30. The molecule has 6 heteroatoms. The predicted octanol–water partition coefficient (Wildman–Crippen LogP) is 2.44. The lowest BCUT2D eigenvalue weighted by atomic mass is 9.97. The van der Waals surface area contributed by atoms with Crippen molar-refractivity contribution in [1.29, 1.82) is 0 Å². The van der Waals surface area contributed by atoms with Gasteiger partial charge in [0, 0.05) is 19.6 Å². The summed E-state index contributed by atoms with van der Waals surface area (Å²) in [7, 11) is 0. The topological polar surface area (TPSA) is 70.1 Å². The summed E-state index contributed by atoms with van der Waals surface area (Å²) < 4.78 is 5.39. The highest BCUT2D eigenvalue weighted by atomic mass is 16.6. The van der Waals surface area contributed by atoms with Crippen LogP contribution in [0.15, 0.2) is 30.3 Å². The molecule has 1 N–H and O–H groups in total. The van der Waals surface area contributed by atoms with Gasteiger partial charge in [0.15, 0.2) is 0 Å². The molecule has 24 heavy (non-hydrogen) atoms. The molecular weight excluding hydrogens is 308 g/mol. The van der Waals surface area contributed by atoms with E-state index in [-0.39, 0.29) is 19.2 Å². The number of carboxylic acid groups (broad SMARTS) is 1. The first-order valence-corrected chi connectivity index (χ1v) is 8.48. The minimum absolute atomic E-state index is 0.0471. The number of benzene rings is 1. The van der Waals surface area contributed by atoms with Gasteiger partial charge in [0.25, 0.3) is 0 Å². The van der Waals surface area contributed by atoms with Crippen LogP contribution in [0.2, 0.25) is 0 Å². The second-order valence-corrected chi connectivity index (χ2v) is 6.22. The van der Waals surface area contributed by atoms with Crippen molar-refractivity contribution in [2.45, 2.75) is 26.4 Å². The van der Waals surface area contributed by atoms with Crippen molar-refractivity contribution in [3.63, 3.8) is 0 Å². The van der Waals surface area contributed by atoms with Crippen LogP contribution in [0.3, 0.4) is 0 Å². The molecule has 0 radical (unpaired) electrons. The molecule has 0 unspecified atom stereocenters.